The van der Waals surface area contributed by atoms with Crippen molar-refractivity contribution in [3.63, 3.8) is 0 Å². The van der Waals surface area contributed by atoms with E-state index in [1.165, 1.54) is 6.07 Å². The molecule has 1 saturated carbocycles. The Morgan fingerprint density at radius 1 is 1.12 bits per heavy atom. The van der Waals surface area contributed by atoms with Crippen LogP contribution in [0.15, 0.2) is 33.7 Å². The van der Waals surface area contributed by atoms with Crippen LogP contribution < -0.4 is 0 Å². The van der Waals surface area contributed by atoms with Gasteiger partial charge in [0.05, 0.1) is 15.7 Å². The van der Waals surface area contributed by atoms with Gasteiger partial charge in [-0.05, 0) is 37.1 Å². The molecule has 13 heteroatoms. The van der Waals surface area contributed by atoms with Gasteiger partial charge in [-0.2, -0.15) is 4.98 Å². The van der Waals surface area contributed by atoms with Gasteiger partial charge in [0.1, 0.15) is 0 Å². The predicted molar refractivity (Wildman–Crippen MR) is 106 cm³/mol. The Morgan fingerprint density at radius 3 is 2.44 bits per heavy atom. The number of phenolic OH excluding ortho intramolecular Hbond substituents is 3. The van der Waals surface area contributed by atoms with Crippen molar-refractivity contribution in [2.24, 2.45) is 0 Å². The SMILES string of the molecule is O=[N+]([O-])c1c(O)c(O)cc(-c2nc(-c3ccc(F)c(O)c3)no2)c1S(=O)(=O)C1CCCC1. The van der Waals surface area contributed by atoms with Crippen LogP contribution in [0.3, 0.4) is 0 Å². The first kappa shape index (κ1) is 21.5. The summed E-state index contributed by atoms with van der Waals surface area (Å²) in [5.41, 5.74) is -1.52. The molecule has 3 aromatic rings. The lowest BCUT2D eigenvalue weighted by Crippen LogP contribution is -2.20. The van der Waals surface area contributed by atoms with Crippen molar-refractivity contribution in [1.82, 2.24) is 10.1 Å². The summed E-state index contributed by atoms with van der Waals surface area (Å²) in [6, 6.07) is 3.99. The summed E-state index contributed by atoms with van der Waals surface area (Å²) in [4.78, 5) is 13.7. The molecule has 0 spiro atoms. The summed E-state index contributed by atoms with van der Waals surface area (Å²) in [5, 5.41) is 44.1. The fourth-order valence-electron chi connectivity index (χ4n) is 3.71. The molecule has 168 valence electrons. The maximum atomic E-state index is 13.3. The molecule has 0 atom stereocenters. The minimum Gasteiger partial charge on any atom is -0.505 e. The van der Waals surface area contributed by atoms with Crippen LogP contribution in [0.2, 0.25) is 0 Å². The summed E-state index contributed by atoms with van der Waals surface area (Å²) >= 11 is 0. The Labute approximate surface area is 179 Å². The highest BCUT2D eigenvalue weighted by Crippen LogP contribution is 2.48. The lowest BCUT2D eigenvalue weighted by molar-refractivity contribution is -0.388. The number of nitro groups is 1. The molecule has 0 unspecified atom stereocenters. The summed E-state index contributed by atoms with van der Waals surface area (Å²) in [5.74, 6) is -4.37. The number of nitrogens with zero attached hydrogens (tertiary/aromatic N) is 3. The maximum absolute atomic E-state index is 13.3. The van der Waals surface area contributed by atoms with E-state index in [4.69, 9.17) is 4.52 Å². The third-order valence-corrected chi connectivity index (χ3v) is 7.61. The van der Waals surface area contributed by atoms with Crippen LogP contribution in [-0.2, 0) is 9.84 Å². The summed E-state index contributed by atoms with van der Waals surface area (Å²) < 4.78 is 45.0. The molecule has 1 aliphatic carbocycles. The van der Waals surface area contributed by atoms with Crippen LogP contribution in [0.4, 0.5) is 10.1 Å². The molecule has 0 radical (unpaired) electrons. The number of aromatic nitrogens is 2. The van der Waals surface area contributed by atoms with Crippen LogP contribution in [-0.4, -0.2) is 44.1 Å². The quantitative estimate of drug-likeness (QED) is 0.288. The van der Waals surface area contributed by atoms with Crippen LogP contribution in [0.1, 0.15) is 25.7 Å². The first-order valence-corrected chi connectivity index (χ1v) is 11.0. The van der Waals surface area contributed by atoms with Crippen LogP contribution in [0.5, 0.6) is 17.2 Å². The summed E-state index contributed by atoms with van der Waals surface area (Å²) in [7, 11) is -4.33. The van der Waals surface area contributed by atoms with E-state index in [0.717, 1.165) is 18.2 Å². The molecule has 0 amide bonds. The van der Waals surface area contributed by atoms with Gasteiger partial charge >= 0.3 is 5.69 Å². The van der Waals surface area contributed by atoms with Crippen molar-refractivity contribution in [3.8, 4) is 40.1 Å². The molecular formula is C19H16FN3O8S. The zero-order chi connectivity index (χ0) is 23.2. The van der Waals surface area contributed by atoms with Crippen LogP contribution in [0.25, 0.3) is 22.8 Å². The summed E-state index contributed by atoms with van der Waals surface area (Å²) in [6.45, 7) is 0. The number of phenols is 3. The van der Waals surface area contributed by atoms with Crippen molar-refractivity contribution < 1.29 is 37.6 Å². The zero-order valence-electron chi connectivity index (χ0n) is 16.2. The van der Waals surface area contributed by atoms with Gasteiger partial charge < -0.3 is 19.8 Å². The molecule has 0 aliphatic heterocycles. The van der Waals surface area contributed by atoms with E-state index < -0.39 is 65.1 Å². The number of hydrogen-bond donors (Lipinski definition) is 3. The van der Waals surface area contributed by atoms with Gasteiger partial charge in [0.15, 0.2) is 32.0 Å². The Morgan fingerprint density at radius 2 is 1.81 bits per heavy atom. The Bertz CT molecular complexity index is 1330. The maximum Gasteiger partial charge on any atom is 0.334 e. The largest absolute Gasteiger partial charge is 0.505 e. The zero-order valence-corrected chi connectivity index (χ0v) is 17.0. The molecule has 1 aliphatic rings. The number of halogens is 1. The lowest BCUT2D eigenvalue weighted by Gasteiger charge is -2.15. The highest BCUT2D eigenvalue weighted by atomic mass is 32.2. The van der Waals surface area contributed by atoms with Crippen molar-refractivity contribution in [2.45, 2.75) is 35.8 Å². The number of rotatable bonds is 5. The van der Waals surface area contributed by atoms with Crippen molar-refractivity contribution in [2.75, 3.05) is 0 Å². The normalized spacial score (nSPS) is 14.7. The molecule has 2 aromatic carbocycles. The van der Waals surface area contributed by atoms with Gasteiger partial charge in [0, 0.05) is 5.56 Å². The topological polar surface area (TPSA) is 177 Å². The standard InChI is InChI=1S/C19H16FN3O8S/c20-12-6-5-9(7-13(12)24)18-21-19(31-22-18)11-8-14(25)16(26)15(23(27)28)17(11)32(29,30)10-3-1-2-4-10/h5-8,10,24-26H,1-4H2. The van der Waals surface area contributed by atoms with E-state index in [9.17, 15) is 38.2 Å². The van der Waals surface area contributed by atoms with Gasteiger partial charge in [-0.25, -0.2) is 12.8 Å². The molecule has 11 nitrogen and oxygen atoms in total. The monoisotopic (exact) mass is 465 g/mol. The molecule has 0 saturated heterocycles. The molecule has 4 rings (SSSR count). The first-order valence-electron chi connectivity index (χ1n) is 9.41. The van der Waals surface area contributed by atoms with E-state index >= 15 is 0 Å². The fraction of sp³-hybridized carbons (Fsp3) is 0.263. The molecule has 1 aromatic heterocycles. The predicted octanol–water partition coefficient (Wildman–Crippen LogP) is 3.28. The Balaban J connectivity index is 1.94. The van der Waals surface area contributed by atoms with E-state index in [1.807, 2.05) is 0 Å². The molecular weight excluding hydrogens is 449 g/mol. The minimum absolute atomic E-state index is 0.122. The number of benzene rings is 2. The highest BCUT2D eigenvalue weighted by molar-refractivity contribution is 7.92. The van der Waals surface area contributed by atoms with E-state index in [0.29, 0.717) is 12.8 Å². The van der Waals surface area contributed by atoms with Crippen LogP contribution >= 0.6 is 0 Å². The second kappa shape index (κ2) is 7.75. The third-order valence-electron chi connectivity index (χ3n) is 5.28. The smallest absolute Gasteiger partial charge is 0.334 e. The molecule has 32 heavy (non-hydrogen) atoms. The molecule has 0 bridgehead atoms. The summed E-state index contributed by atoms with van der Waals surface area (Å²) in [6.07, 6.45) is 1.81. The van der Waals surface area contributed by atoms with Gasteiger partial charge in [-0.15, -0.1) is 0 Å². The average molecular weight is 465 g/mol. The van der Waals surface area contributed by atoms with Gasteiger partial charge in [-0.1, -0.05) is 18.0 Å². The minimum atomic E-state index is -4.33. The number of aromatic hydroxyl groups is 3. The molecule has 1 fully saturated rings. The van der Waals surface area contributed by atoms with E-state index in [1.54, 1.807) is 0 Å². The van der Waals surface area contributed by atoms with Gasteiger partial charge in [0.2, 0.25) is 11.6 Å². The second-order valence-corrected chi connectivity index (χ2v) is 9.43. The van der Waals surface area contributed by atoms with Crippen molar-refractivity contribution >= 4 is 15.5 Å². The van der Waals surface area contributed by atoms with Crippen molar-refractivity contribution in [3.05, 3.63) is 40.2 Å². The third kappa shape index (κ3) is 3.49. The van der Waals surface area contributed by atoms with Gasteiger partial charge in [-0.3, -0.25) is 10.1 Å². The molecule has 3 N–H and O–H groups in total. The fourth-order valence-corrected chi connectivity index (χ4v) is 5.89. The molecule has 1 heterocycles. The Hall–Kier alpha value is -3.74. The van der Waals surface area contributed by atoms with Crippen LogP contribution in [0, 0.1) is 15.9 Å². The van der Waals surface area contributed by atoms with Gasteiger partial charge in [0.25, 0.3) is 5.89 Å². The number of nitro benzene ring substituents is 1. The van der Waals surface area contributed by atoms with E-state index in [2.05, 4.69) is 10.1 Å². The Kier molecular flexibility index (Phi) is 5.20. The first-order chi connectivity index (χ1) is 15.1. The van der Waals surface area contributed by atoms with Crippen molar-refractivity contribution in [1.29, 1.82) is 0 Å². The average Bonchev–Trinajstić information content (AvgIpc) is 3.43. The number of sulfone groups is 1. The lowest BCUT2D eigenvalue weighted by atomic mass is 10.1. The van der Waals surface area contributed by atoms with E-state index in [-0.39, 0.29) is 24.2 Å². The highest BCUT2D eigenvalue weighted by Gasteiger charge is 2.42. The number of hydrogen-bond acceptors (Lipinski definition) is 10. The second-order valence-electron chi connectivity index (χ2n) is 7.27.